The molecule has 214 valence electrons. The lowest BCUT2D eigenvalue weighted by atomic mass is 9.67. The second-order valence-electron chi connectivity index (χ2n) is 12.7. The van der Waals surface area contributed by atoms with Gasteiger partial charge in [-0.25, -0.2) is 0 Å². The lowest BCUT2D eigenvalue weighted by Crippen LogP contribution is -2.28. The molecule has 0 nitrogen and oxygen atoms in total. The van der Waals surface area contributed by atoms with Crippen molar-refractivity contribution >= 4 is 6.08 Å². The van der Waals surface area contributed by atoms with E-state index in [1.165, 1.54) is 70.2 Å². The van der Waals surface area contributed by atoms with Crippen molar-refractivity contribution in [2.24, 2.45) is 10.8 Å². The molecule has 1 saturated carbocycles. The fourth-order valence-electron chi connectivity index (χ4n) is 5.16. The second kappa shape index (κ2) is 15.6. The Morgan fingerprint density at radius 2 is 1.18 bits per heavy atom. The highest BCUT2D eigenvalue weighted by Gasteiger charge is 2.43. The maximum absolute atomic E-state index is 2.46. The third-order valence-electron chi connectivity index (χ3n) is 9.00. The molecule has 0 radical (unpaired) electrons. The van der Waals surface area contributed by atoms with Crippen LogP contribution >= 0.6 is 0 Å². The Morgan fingerprint density at radius 3 is 1.73 bits per heavy atom. The summed E-state index contributed by atoms with van der Waals surface area (Å²) in [5.74, 6) is 0. The number of aryl methyl sites for hydroxylation is 1. The summed E-state index contributed by atoms with van der Waals surface area (Å²) < 4.78 is 0. The highest BCUT2D eigenvalue weighted by molar-refractivity contribution is 5.59. The van der Waals surface area contributed by atoms with Gasteiger partial charge >= 0.3 is 0 Å². The van der Waals surface area contributed by atoms with E-state index in [1.54, 1.807) is 0 Å². The van der Waals surface area contributed by atoms with Gasteiger partial charge in [0.1, 0.15) is 0 Å². The molecule has 1 aromatic carbocycles. The van der Waals surface area contributed by atoms with Crippen molar-refractivity contribution in [3.05, 3.63) is 136 Å². The van der Waals surface area contributed by atoms with Crippen LogP contribution < -0.4 is 0 Å². The average molecular weight is 535 g/mol. The summed E-state index contributed by atoms with van der Waals surface area (Å²) in [6.45, 7) is 22.5. The molecule has 0 bridgehead atoms. The Hall–Kier alpha value is -3.12. The van der Waals surface area contributed by atoms with Crippen LogP contribution in [0.3, 0.4) is 0 Å². The molecule has 0 heteroatoms. The molecule has 0 heterocycles. The fraction of sp³-hybridized carbons (Fsp3) is 0.400. The number of hydrogen-bond acceptors (Lipinski definition) is 0. The van der Waals surface area contributed by atoms with Crippen LogP contribution in [-0.4, -0.2) is 0 Å². The molecule has 0 amide bonds. The average Bonchev–Trinajstić information content (AvgIpc) is 3.16. The first kappa shape index (κ1) is 33.1. The number of benzene rings is 1. The van der Waals surface area contributed by atoms with Gasteiger partial charge in [0.05, 0.1) is 0 Å². The van der Waals surface area contributed by atoms with Crippen LogP contribution in [0.25, 0.3) is 6.08 Å². The van der Waals surface area contributed by atoms with Crippen molar-refractivity contribution in [3.8, 4) is 0 Å². The van der Waals surface area contributed by atoms with Gasteiger partial charge in [0, 0.05) is 0 Å². The van der Waals surface area contributed by atoms with Gasteiger partial charge in [-0.3, -0.25) is 0 Å². The molecule has 40 heavy (non-hydrogen) atoms. The van der Waals surface area contributed by atoms with Crippen molar-refractivity contribution in [3.63, 3.8) is 0 Å². The summed E-state index contributed by atoms with van der Waals surface area (Å²) in [5.41, 5.74) is 11.2. The van der Waals surface area contributed by atoms with Crippen LogP contribution in [0.2, 0.25) is 0 Å². The molecule has 2 rings (SSSR count). The van der Waals surface area contributed by atoms with Gasteiger partial charge in [0.25, 0.3) is 0 Å². The van der Waals surface area contributed by atoms with E-state index in [0.717, 1.165) is 0 Å². The van der Waals surface area contributed by atoms with Crippen LogP contribution in [0.1, 0.15) is 96.4 Å². The van der Waals surface area contributed by atoms with Crippen molar-refractivity contribution in [1.82, 2.24) is 0 Å². The number of hydrogen-bond donors (Lipinski definition) is 0. The van der Waals surface area contributed by atoms with E-state index in [2.05, 4.69) is 166 Å². The van der Waals surface area contributed by atoms with E-state index in [-0.39, 0.29) is 0 Å². The summed E-state index contributed by atoms with van der Waals surface area (Å²) in [5, 5.41) is 0. The number of allylic oxidation sites excluding steroid dienone is 17. The summed E-state index contributed by atoms with van der Waals surface area (Å²) in [6, 6.07) is 4.40. The van der Waals surface area contributed by atoms with E-state index in [1.807, 2.05) is 0 Å². The zero-order valence-electron chi connectivity index (χ0n) is 27.1. The van der Waals surface area contributed by atoms with Crippen LogP contribution in [0.4, 0.5) is 0 Å². The zero-order chi connectivity index (χ0) is 29.8. The van der Waals surface area contributed by atoms with Gasteiger partial charge in [-0.1, -0.05) is 147 Å². The molecule has 1 atom stereocenters. The minimum absolute atomic E-state index is 0.432. The Bertz CT molecular complexity index is 1270. The third kappa shape index (κ3) is 10.5. The number of rotatable bonds is 11. The zero-order valence-corrected chi connectivity index (χ0v) is 27.1. The van der Waals surface area contributed by atoms with E-state index in [0.29, 0.717) is 10.8 Å². The lowest BCUT2D eigenvalue weighted by Gasteiger charge is -2.37. The van der Waals surface area contributed by atoms with Crippen LogP contribution in [-0.2, 0) is 0 Å². The molecule has 0 saturated heterocycles. The molecule has 1 fully saturated rings. The van der Waals surface area contributed by atoms with Crippen molar-refractivity contribution < 1.29 is 0 Å². The topological polar surface area (TPSA) is 0 Å². The summed E-state index contributed by atoms with van der Waals surface area (Å²) in [7, 11) is 0. The monoisotopic (exact) mass is 534 g/mol. The van der Waals surface area contributed by atoms with Gasteiger partial charge in [0.2, 0.25) is 0 Å². The molecular weight excluding hydrogens is 480 g/mol. The van der Waals surface area contributed by atoms with Gasteiger partial charge in [-0.15, -0.1) is 0 Å². The maximum atomic E-state index is 2.46. The SMILES string of the molecule is CC(/C=C/C=C(C)/C=C/C[C@]1(C)CCCC1(C)C)=C\C=C\C=C(C)\C=C\C=C(C)\C=C\c1ccc(C)c(C)c1C. The van der Waals surface area contributed by atoms with Crippen LogP contribution in [0.15, 0.2) is 113 Å². The van der Waals surface area contributed by atoms with E-state index in [9.17, 15) is 0 Å². The quantitative estimate of drug-likeness (QED) is 0.248. The Morgan fingerprint density at radius 1 is 0.650 bits per heavy atom. The highest BCUT2D eigenvalue weighted by Crippen LogP contribution is 2.54. The Balaban J connectivity index is 1.84. The largest absolute Gasteiger partial charge is 0.0837 e. The van der Waals surface area contributed by atoms with Gasteiger partial charge < -0.3 is 0 Å². The van der Waals surface area contributed by atoms with E-state index in [4.69, 9.17) is 0 Å². The van der Waals surface area contributed by atoms with Crippen molar-refractivity contribution in [2.45, 2.75) is 94.9 Å². The second-order valence-corrected chi connectivity index (χ2v) is 12.7. The minimum Gasteiger partial charge on any atom is -0.0837 e. The standard InChI is InChI=1S/C40H54/c1-31(19-13-21-33(3)23-15-29-40(10)30-16-28-39(40,8)9)17-11-12-18-32(2)20-14-22-34(4)24-26-38-27-25-35(5)36(6)37(38)7/h11-15,17-27H,16,28-30H2,1-10H3/b12-11+,19-13+,20-14+,23-15+,26-24+,31-17+,32-18+,33-21+,34-22+/t40-/m1/s1. The van der Waals surface area contributed by atoms with Gasteiger partial charge in [-0.05, 0) is 101 Å². The molecule has 0 spiro atoms. The smallest absolute Gasteiger partial charge is 0.0224 e. The highest BCUT2D eigenvalue weighted by atomic mass is 14.5. The predicted molar refractivity (Wildman–Crippen MR) is 182 cm³/mol. The third-order valence-corrected chi connectivity index (χ3v) is 9.00. The normalized spacial score (nSPS) is 21.4. The first-order chi connectivity index (χ1) is 18.8. The fourth-order valence-corrected chi connectivity index (χ4v) is 5.16. The molecule has 1 aromatic rings. The first-order valence-corrected chi connectivity index (χ1v) is 15.0. The molecule has 0 aliphatic heterocycles. The molecular formula is C40H54. The Kier molecular flexibility index (Phi) is 12.9. The van der Waals surface area contributed by atoms with Crippen LogP contribution in [0.5, 0.6) is 0 Å². The molecule has 0 N–H and O–H groups in total. The van der Waals surface area contributed by atoms with Crippen molar-refractivity contribution in [1.29, 1.82) is 0 Å². The molecule has 1 aliphatic carbocycles. The van der Waals surface area contributed by atoms with Gasteiger partial charge in [0.15, 0.2) is 0 Å². The predicted octanol–water partition coefficient (Wildman–Crippen LogP) is 12.2. The Labute approximate surface area is 247 Å². The van der Waals surface area contributed by atoms with Crippen LogP contribution in [0, 0.1) is 31.6 Å². The maximum Gasteiger partial charge on any atom is -0.0224 e. The first-order valence-electron chi connectivity index (χ1n) is 15.0. The molecule has 0 aromatic heterocycles. The van der Waals surface area contributed by atoms with Gasteiger partial charge in [-0.2, -0.15) is 0 Å². The molecule has 1 aliphatic rings. The summed E-state index contributed by atoms with van der Waals surface area (Å²) in [4.78, 5) is 0. The van der Waals surface area contributed by atoms with E-state index < -0.39 is 0 Å². The summed E-state index contributed by atoms with van der Waals surface area (Å²) in [6.07, 6.45) is 35.7. The summed E-state index contributed by atoms with van der Waals surface area (Å²) >= 11 is 0. The van der Waals surface area contributed by atoms with E-state index >= 15 is 0 Å². The molecule has 0 unspecified atom stereocenters. The lowest BCUT2D eigenvalue weighted by molar-refractivity contribution is 0.135. The van der Waals surface area contributed by atoms with Crippen molar-refractivity contribution in [2.75, 3.05) is 0 Å². The minimum atomic E-state index is 0.432.